The largest absolute Gasteiger partial charge is 0.495 e. The third kappa shape index (κ3) is 4.86. The Balaban J connectivity index is 2.80. The van der Waals surface area contributed by atoms with E-state index in [0.29, 0.717) is 0 Å². The zero-order chi connectivity index (χ0) is 14.7. The van der Waals surface area contributed by atoms with Crippen molar-refractivity contribution in [1.29, 1.82) is 0 Å². The highest BCUT2D eigenvalue weighted by molar-refractivity contribution is 7.89. The van der Waals surface area contributed by atoms with Crippen molar-refractivity contribution >= 4 is 21.6 Å². The summed E-state index contributed by atoms with van der Waals surface area (Å²) in [6.45, 7) is -1.74. The number of halogens is 4. The Hall–Kier alpha value is -1.03. The second-order valence-corrected chi connectivity index (χ2v) is 5.34. The van der Waals surface area contributed by atoms with E-state index in [4.69, 9.17) is 16.3 Å². The van der Waals surface area contributed by atoms with Crippen molar-refractivity contribution < 1.29 is 31.2 Å². The molecule has 0 amide bonds. The molecule has 5 nitrogen and oxygen atoms in total. The molecule has 0 saturated heterocycles. The van der Waals surface area contributed by atoms with Crippen LogP contribution in [0, 0.1) is 0 Å². The number of alkyl halides is 3. The van der Waals surface area contributed by atoms with Crippen molar-refractivity contribution in [3.8, 4) is 5.75 Å². The van der Waals surface area contributed by atoms with Crippen molar-refractivity contribution in [2.45, 2.75) is 11.1 Å². The number of hydrogen-bond acceptors (Lipinski definition) is 4. The van der Waals surface area contributed by atoms with E-state index in [1.165, 1.54) is 18.1 Å². The molecule has 0 radical (unpaired) electrons. The SMILES string of the molecule is COc1ccc(S(=O)(=O)NOCC(F)(F)F)cc1Cl. The molecule has 1 rings (SSSR count). The first kappa shape index (κ1) is 16.0. The van der Waals surface area contributed by atoms with Crippen molar-refractivity contribution in [2.75, 3.05) is 13.7 Å². The van der Waals surface area contributed by atoms with E-state index in [-0.39, 0.29) is 15.7 Å². The lowest BCUT2D eigenvalue weighted by molar-refractivity contribution is -0.181. The molecule has 0 aliphatic carbocycles. The molecule has 1 aromatic rings. The lowest BCUT2D eigenvalue weighted by Crippen LogP contribution is -2.29. The van der Waals surface area contributed by atoms with E-state index in [9.17, 15) is 21.6 Å². The smallest absolute Gasteiger partial charge is 0.413 e. The van der Waals surface area contributed by atoms with E-state index in [2.05, 4.69) is 4.84 Å². The molecule has 19 heavy (non-hydrogen) atoms. The zero-order valence-corrected chi connectivity index (χ0v) is 11.1. The number of methoxy groups -OCH3 is 1. The van der Waals surface area contributed by atoms with Gasteiger partial charge < -0.3 is 4.74 Å². The molecule has 10 heteroatoms. The fourth-order valence-corrected chi connectivity index (χ4v) is 2.20. The highest BCUT2D eigenvalue weighted by Crippen LogP contribution is 2.26. The average molecular weight is 320 g/mol. The van der Waals surface area contributed by atoms with Gasteiger partial charge in [0.1, 0.15) is 5.75 Å². The molecule has 0 bridgehead atoms. The van der Waals surface area contributed by atoms with Crippen LogP contribution in [-0.4, -0.2) is 28.3 Å². The van der Waals surface area contributed by atoms with Crippen LogP contribution in [0.3, 0.4) is 0 Å². The fraction of sp³-hybridized carbons (Fsp3) is 0.333. The fourth-order valence-electron chi connectivity index (χ4n) is 1.05. The number of benzene rings is 1. The van der Waals surface area contributed by atoms with Crippen LogP contribution in [0.25, 0.3) is 0 Å². The number of sulfonamides is 1. The molecule has 1 N–H and O–H groups in total. The Labute approximate surface area is 112 Å². The highest BCUT2D eigenvalue weighted by atomic mass is 35.5. The maximum absolute atomic E-state index is 11.8. The third-order valence-corrected chi connectivity index (χ3v) is 3.35. The predicted molar refractivity (Wildman–Crippen MR) is 60.3 cm³/mol. The van der Waals surface area contributed by atoms with Gasteiger partial charge in [0.2, 0.25) is 0 Å². The van der Waals surface area contributed by atoms with E-state index in [1.54, 1.807) is 0 Å². The van der Waals surface area contributed by atoms with Gasteiger partial charge in [-0.3, -0.25) is 4.84 Å². The normalized spacial score (nSPS) is 12.5. The maximum atomic E-state index is 11.8. The lowest BCUT2D eigenvalue weighted by Gasteiger charge is -2.10. The second-order valence-electron chi connectivity index (χ2n) is 3.29. The van der Waals surface area contributed by atoms with Crippen LogP contribution in [0.1, 0.15) is 0 Å². The molecule has 0 aromatic heterocycles. The summed E-state index contributed by atoms with van der Waals surface area (Å²) in [6.07, 6.45) is -4.64. The molecule has 0 atom stereocenters. The molecular formula is C9H9ClF3NO4S. The first-order valence-corrected chi connectivity index (χ1v) is 6.56. The monoisotopic (exact) mass is 319 g/mol. The summed E-state index contributed by atoms with van der Waals surface area (Å²) in [4.78, 5) is 4.88. The topological polar surface area (TPSA) is 64.6 Å². The van der Waals surface area contributed by atoms with Crippen LogP contribution in [-0.2, 0) is 14.9 Å². The van der Waals surface area contributed by atoms with Gasteiger partial charge in [-0.05, 0) is 18.2 Å². The van der Waals surface area contributed by atoms with Crippen molar-refractivity contribution in [3.63, 3.8) is 0 Å². The Morgan fingerprint density at radius 1 is 1.37 bits per heavy atom. The summed E-state index contributed by atoms with van der Waals surface area (Å²) >= 11 is 5.70. The Kier molecular flexibility index (Phi) is 5.02. The second kappa shape index (κ2) is 5.95. The first-order valence-electron chi connectivity index (χ1n) is 4.69. The van der Waals surface area contributed by atoms with Gasteiger partial charge >= 0.3 is 6.18 Å². The van der Waals surface area contributed by atoms with Crippen LogP contribution < -0.4 is 9.62 Å². The van der Waals surface area contributed by atoms with Crippen LogP contribution in [0.15, 0.2) is 23.1 Å². The zero-order valence-electron chi connectivity index (χ0n) is 9.49. The molecule has 0 spiro atoms. The van der Waals surface area contributed by atoms with Crippen LogP contribution in [0.5, 0.6) is 5.75 Å². The summed E-state index contributed by atoms with van der Waals surface area (Å²) in [7, 11) is -2.91. The molecule has 0 saturated carbocycles. The standard InChI is InChI=1S/C9H9ClF3NO4S/c1-17-8-3-2-6(4-7(8)10)19(15,16)14-18-5-9(11,12)13/h2-4,14H,5H2,1H3. The van der Waals surface area contributed by atoms with E-state index >= 15 is 0 Å². The molecule has 0 unspecified atom stereocenters. The Morgan fingerprint density at radius 2 is 2.00 bits per heavy atom. The number of ether oxygens (including phenoxy) is 1. The number of hydrogen-bond donors (Lipinski definition) is 1. The number of nitrogens with one attached hydrogen (secondary N) is 1. The van der Waals surface area contributed by atoms with Gasteiger partial charge in [0, 0.05) is 0 Å². The Morgan fingerprint density at radius 3 is 2.47 bits per heavy atom. The summed E-state index contributed by atoms with van der Waals surface area (Å²) < 4.78 is 63.3. The van der Waals surface area contributed by atoms with Gasteiger partial charge in [0.05, 0.1) is 17.0 Å². The van der Waals surface area contributed by atoms with E-state index in [0.717, 1.165) is 12.1 Å². The molecule has 0 aliphatic rings. The van der Waals surface area contributed by atoms with Gasteiger partial charge in [0.15, 0.2) is 6.61 Å². The van der Waals surface area contributed by atoms with Crippen molar-refractivity contribution in [2.24, 2.45) is 0 Å². The molecule has 0 heterocycles. The van der Waals surface area contributed by atoms with Gasteiger partial charge in [-0.15, -0.1) is 0 Å². The van der Waals surface area contributed by atoms with Gasteiger partial charge in [-0.25, -0.2) is 8.42 Å². The summed E-state index contributed by atoms with van der Waals surface area (Å²) in [5.41, 5.74) is 0. The molecular weight excluding hydrogens is 311 g/mol. The van der Waals surface area contributed by atoms with Crippen LogP contribution in [0.2, 0.25) is 5.02 Å². The van der Waals surface area contributed by atoms with Crippen molar-refractivity contribution in [3.05, 3.63) is 23.2 Å². The number of rotatable bonds is 5. The minimum atomic E-state index is -4.64. The van der Waals surface area contributed by atoms with E-state index in [1.807, 2.05) is 0 Å². The molecule has 108 valence electrons. The minimum Gasteiger partial charge on any atom is -0.495 e. The van der Waals surface area contributed by atoms with Crippen LogP contribution >= 0.6 is 11.6 Å². The predicted octanol–water partition coefficient (Wildman–Crippen LogP) is 2.12. The van der Waals surface area contributed by atoms with Gasteiger partial charge in [-0.2, -0.15) is 13.2 Å². The summed E-state index contributed by atoms with van der Waals surface area (Å²) in [6, 6.07) is 3.41. The molecule has 0 aliphatic heterocycles. The average Bonchev–Trinajstić information content (AvgIpc) is 2.26. The van der Waals surface area contributed by atoms with E-state index < -0.39 is 22.8 Å². The first-order chi connectivity index (χ1) is 8.65. The lowest BCUT2D eigenvalue weighted by atomic mass is 10.3. The highest BCUT2D eigenvalue weighted by Gasteiger charge is 2.29. The van der Waals surface area contributed by atoms with Gasteiger partial charge in [0.25, 0.3) is 10.0 Å². The quantitative estimate of drug-likeness (QED) is 0.844. The maximum Gasteiger partial charge on any atom is 0.413 e. The summed E-state index contributed by atoms with van der Waals surface area (Å²) in [5.74, 6) is 0.233. The third-order valence-electron chi connectivity index (χ3n) is 1.84. The molecule has 1 aromatic carbocycles. The van der Waals surface area contributed by atoms with Gasteiger partial charge in [-0.1, -0.05) is 16.5 Å². The van der Waals surface area contributed by atoms with Crippen molar-refractivity contribution in [1.82, 2.24) is 4.89 Å². The Bertz CT molecular complexity index is 547. The van der Waals surface area contributed by atoms with Crippen LogP contribution in [0.4, 0.5) is 13.2 Å². The molecule has 0 fully saturated rings. The minimum absolute atomic E-state index is 0.00111. The summed E-state index contributed by atoms with van der Waals surface area (Å²) in [5, 5.41) is 0.00111.